The Kier molecular flexibility index (Phi) is 4.49. The first-order valence-electron chi connectivity index (χ1n) is 5.25. The molecule has 0 spiro atoms. The molecule has 0 atom stereocenters. The third kappa shape index (κ3) is 4.93. The first-order chi connectivity index (χ1) is 7.51. The molecule has 0 unspecified atom stereocenters. The molecule has 0 aromatic carbocycles. The van der Waals surface area contributed by atoms with Gasteiger partial charge >= 0.3 is 0 Å². The highest BCUT2D eigenvalue weighted by molar-refractivity contribution is 5.36. The first kappa shape index (κ1) is 12.7. The van der Waals surface area contributed by atoms with E-state index in [1.54, 1.807) is 13.2 Å². The van der Waals surface area contributed by atoms with Crippen molar-refractivity contribution in [1.29, 1.82) is 0 Å². The van der Waals surface area contributed by atoms with E-state index in [1.165, 1.54) is 0 Å². The van der Waals surface area contributed by atoms with Crippen LogP contribution in [0.1, 0.15) is 20.8 Å². The number of hydrogen-bond donors (Lipinski definition) is 1. The predicted molar refractivity (Wildman–Crippen MR) is 62.8 cm³/mol. The van der Waals surface area contributed by atoms with E-state index in [9.17, 15) is 0 Å². The van der Waals surface area contributed by atoms with Crippen molar-refractivity contribution in [2.24, 2.45) is 0 Å². The molecule has 0 saturated heterocycles. The van der Waals surface area contributed by atoms with E-state index < -0.39 is 0 Å². The molecule has 0 radical (unpaired) electrons. The van der Waals surface area contributed by atoms with Gasteiger partial charge in [-0.1, -0.05) is 0 Å². The minimum atomic E-state index is -0.0207. The number of hydrogen-bond acceptors (Lipinski definition) is 5. The molecule has 16 heavy (non-hydrogen) atoms. The maximum atomic E-state index is 5.31. The summed E-state index contributed by atoms with van der Waals surface area (Å²) in [6, 6.07) is 3.64. The smallest absolute Gasteiger partial charge is 0.233 e. The van der Waals surface area contributed by atoms with E-state index in [1.807, 2.05) is 6.07 Å². The van der Waals surface area contributed by atoms with Gasteiger partial charge in [-0.3, -0.25) is 0 Å². The van der Waals surface area contributed by atoms with Crippen molar-refractivity contribution in [2.75, 3.05) is 25.6 Å². The Morgan fingerprint density at radius 2 is 1.94 bits per heavy atom. The van der Waals surface area contributed by atoms with E-state index in [2.05, 4.69) is 36.3 Å². The summed E-state index contributed by atoms with van der Waals surface area (Å²) in [6.07, 6.45) is 0. The fraction of sp³-hybridized carbons (Fsp3) is 0.636. The van der Waals surface area contributed by atoms with Crippen LogP contribution < -0.4 is 10.1 Å². The molecule has 0 aliphatic heterocycles. The molecule has 0 aliphatic carbocycles. The average molecular weight is 225 g/mol. The first-order valence-corrected chi connectivity index (χ1v) is 5.25. The molecule has 5 nitrogen and oxygen atoms in total. The normalized spacial score (nSPS) is 11.2. The second kappa shape index (κ2) is 5.65. The minimum Gasteiger partial charge on any atom is -0.474 e. The third-order valence-corrected chi connectivity index (χ3v) is 1.68. The molecular weight excluding hydrogens is 206 g/mol. The van der Waals surface area contributed by atoms with E-state index in [-0.39, 0.29) is 5.54 Å². The number of nitrogens with one attached hydrogen (secondary N) is 1. The Morgan fingerprint density at radius 3 is 2.44 bits per heavy atom. The Bertz CT molecular complexity index is 306. The zero-order chi connectivity index (χ0) is 12.0. The predicted octanol–water partition coefficient (Wildman–Crippen LogP) is 1.71. The highest BCUT2D eigenvalue weighted by Crippen LogP contribution is 2.13. The molecule has 0 amide bonds. The summed E-state index contributed by atoms with van der Waals surface area (Å²) in [7, 11) is 1.63. The summed E-state index contributed by atoms with van der Waals surface area (Å²) in [5.74, 6) is 1.25. The maximum Gasteiger partial charge on any atom is 0.233 e. The Hall–Kier alpha value is -1.36. The van der Waals surface area contributed by atoms with Crippen molar-refractivity contribution in [3.05, 3.63) is 12.1 Å². The zero-order valence-corrected chi connectivity index (χ0v) is 10.3. The van der Waals surface area contributed by atoms with Gasteiger partial charge in [0.05, 0.1) is 6.61 Å². The SMILES string of the molecule is COCCOc1ccc(NC(C)(C)C)nn1. The van der Waals surface area contributed by atoms with E-state index >= 15 is 0 Å². The van der Waals surface area contributed by atoms with Crippen LogP contribution in [0, 0.1) is 0 Å². The number of nitrogens with zero attached hydrogens (tertiary/aromatic N) is 2. The number of ether oxygens (including phenoxy) is 2. The number of anilines is 1. The van der Waals surface area contributed by atoms with Gasteiger partial charge in [-0.2, -0.15) is 0 Å². The highest BCUT2D eigenvalue weighted by atomic mass is 16.5. The third-order valence-electron chi connectivity index (χ3n) is 1.68. The van der Waals surface area contributed by atoms with Crippen molar-refractivity contribution < 1.29 is 9.47 Å². The fourth-order valence-electron chi connectivity index (χ4n) is 1.08. The van der Waals surface area contributed by atoms with Crippen LogP contribution in [0.4, 0.5) is 5.82 Å². The van der Waals surface area contributed by atoms with E-state index in [0.29, 0.717) is 19.1 Å². The Labute approximate surface area is 96.2 Å². The zero-order valence-electron chi connectivity index (χ0n) is 10.3. The Balaban J connectivity index is 2.48. The van der Waals surface area contributed by atoms with Crippen molar-refractivity contribution in [3.63, 3.8) is 0 Å². The molecule has 1 aromatic heterocycles. The molecule has 0 bridgehead atoms. The molecule has 5 heteroatoms. The lowest BCUT2D eigenvalue weighted by atomic mass is 10.1. The van der Waals surface area contributed by atoms with Gasteiger partial charge in [-0.25, -0.2) is 0 Å². The molecule has 0 saturated carbocycles. The van der Waals surface area contributed by atoms with Gasteiger partial charge in [-0.15, -0.1) is 10.2 Å². The molecule has 1 rings (SSSR count). The van der Waals surface area contributed by atoms with E-state index in [4.69, 9.17) is 9.47 Å². The fourth-order valence-corrected chi connectivity index (χ4v) is 1.08. The molecular formula is C11H19N3O2. The van der Waals surface area contributed by atoms with Crippen LogP contribution in [0.15, 0.2) is 12.1 Å². The highest BCUT2D eigenvalue weighted by Gasteiger charge is 2.10. The van der Waals surface area contributed by atoms with Crippen LogP contribution in [0.5, 0.6) is 5.88 Å². The van der Waals surface area contributed by atoms with Gasteiger partial charge in [0.25, 0.3) is 0 Å². The lowest BCUT2D eigenvalue weighted by Crippen LogP contribution is -2.26. The van der Waals surface area contributed by atoms with E-state index in [0.717, 1.165) is 5.82 Å². The van der Waals surface area contributed by atoms with Gasteiger partial charge < -0.3 is 14.8 Å². The van der Waals surface area contributed by atoms with Crippen LogP contribution in [0.3, 0.4) is 0 Å². The topological polar surface area (TPSA) is 56.3 Å². The van der Waals surface area contributed by atoms with Crippen molar-refractivity contribution in [3.8, 4) is 5.88 Å². The standard InChI is InChI=1S/C11H19N3O2/c1-11(2,3)12-9-5-6-10(14-13-9)16-8-7-15-4/h5-6H,7-8H2,1-4H3,(H,12,13). The molecule has 1 N–H and O–H groups in total. The lowest BCUT2D eigenvalue weighted by Gasteiger charge is -2.20. The summed E-state index contributed by atoms with van der Waals surface area (Å²) in [5, 5.41) is 11.2. The number of rotatable bonds is 5. The second-order valence-corrected chi connectivity index (χ2v) is 4.47. The maximum absolute atomic E-state index is 5.31. The summed E-state index contributed by atoms with van der Waals surface area (Å²) in [4.78, 5) is 0. The molecule has 1 aromatic rings. The minimum absolute atomic E-state index is 0.0207. The van der Waals surface area contributed by atoms with Crippen LogP contribution in [-0.2, 0) is 4.74 Å². The quantitative estimate of drug-likeness (QED) is 0.773. The largest absolute Gasteiger partial charge is 0.474 e. The van der Waals surface area contributed by atoms with Gasteiger partial charge in [-0.05, 0) is 26.8 Å². The average Bonchev–Trinajstić information content (AvgIpc) is 2.19. The molecule has 90 valence electrons. The van der Waals surface area contributed by atoms with Gasteiger partial charge in [0.1, 0.15) is 12.4 Å². The summed E-state index contributed by atoms with van der Waals surface area (Å²) in [6.45, 7) is 7.23. The number of methoxy groups -OCH3 is 1. The molecule has 1 heterocycles. The second-order valence-electron chi connectivity index (χ2n) is 4.47. The van der Waals surface area contributed by atoms with Crippen molar-refractivity contribution >= 4 is 5.82 Å². The van der Waals surface area contributed by atoms with Crippen LogP contribution >= 0.6 is 0 Å². The van der Waals surface area contributed by atoms with Gasteiger partial charge in [0.2, 0.25) is 5.88 Å². The van der Waals surface area contributed by atoms with Crippen LogP contribution in [-0.4, -0.2) is 36.1 Å². The van der Waals surface area contributed by atoms with Crippen LogP contribution in [0.2, 0.25) is 0 Å². The number of aromatic nitrogens is 2. The summed E-state index contributed by atoms with van der Waals surface area (Å²) in [5.41, 5.74) is -0.0207. The van der Waals surface area contributed by atoms with Crippen molar-refractivity contribution in [1.82, 2.24) is 10.2 Å². The van der Waals surface area contributed by atoms with Crippen LogP contribution in [0.25, 0.3) is 0 Å². The van der Waals surface area contributed by atoms with Crippen molar-refractivity contribution in [2.45, 2.75) is 26.3 Å². The molecule has 0 fully saturated rings. The van der Waals surface area contributed by atoms with Gasteiger partial charge in [0, 0.05) is 18.7 Å². The summed E-state index contributed by atoms with van der Waals surface area (Å²) >= 11 is 0. The monoisotopic (exact) mass is 225 g/mol. The summed E-state index contributed by atoms with van der Waals surface area (Å²) < 4.78 is 10.2. The Morgan fingerprint density at radius 1 is 1.19 bits per heavy atom. The van der Waals surface area contributed by atoms with Gasteiger partial charge in [0.15, 0.2) is 0 Å². The molecule has 0 aliphatic rings. The lowest BCUT2D eigenvalue weighted by molar-refractivity contribution is 0.143.